The number of imidazole rings is 1. The lowest BCUT2D eigenvalue weighted by molar-refractivity contribution is 0.569. The van der Waals surface area contributed by atoms with Gasteiger partial charge in [-0.05, 0) is 12.1 Å². The first-order valence-corrected chi connectivity index (χ1v) is 5.42. The molecule has 2 aromatic rings. The Bertz CT molecular complexity index is 475. The van der Waals surface area contributed by atoms with Crippen molar-refractivity contribution in [3.05, 3.63) is 36.5 Å². The average molecular weight is 215 g/mol. The van der Waals surface area contributed by atoms with E-state index in [1.807, 2.05) is 24.0 Å². The number of hydrogen-bond acceptors (Lipinski definition) is 2. The van der Waals surface area contributed by atoms with Crippen LogP contribution < -0.4 is 0 Å². The predicted molar refractivity (Wildman–Crippen MR) is 65.1 cm³/mol. The molecule has 0 radical (unpaired) electrons. The van der Waals surface area contributed by atoms with Crippen LogP contribution >= 0.6 is 0 Å². The lowest BCUT2D eigenvalue weighted by Crippen LogP contribution is -2.13. The minimum absolute atomic E-state index is 0.102. The largest absolute Gasteiger partial charge is 0.334 e. The third-order valence-corrected chi connectivity index (χ3v) is 2.64. The lowest BCUT2D eigenvalue weighted by atomic mass is 9.91. The molecule has 84 valence electrons. The van der Waals surface area contributed by atoms with Crippen LogP contribution in [0.25, 0.3) is 11.3 Å². The average Bonchev–Trinajstić information content (AvgIpc) is 2.63. The fourth-order valence-corrected chi connectivity index (χ4v) is 1.62. The van der Waals surface area contributed by atoms with E-state index in [2.05, 4.69) is 42.9 Å². The van der Waals surface area contributed by atoms with Crippen LogP contribution in [0, 0.1) is 0 Å². The highest BCUT2D eigenvalue weighted by Crippen LogP contribution is 2.23. The first-order valence-electron chi connectivity index (χ1n) is 5.42. The number of rotatable bonds is 1. The number of hydrogen-bond donors (Lipinski definition) is 0. The zero-order valence-corrected chi connectivity index (χ0v) is 10.2. The second-order valence-electron chi connectivity index (χ2n) is 5.07. The number of nitrogens with zero attached hydrogens (tertiary/aromatic N) is 3. The number of pyridine rings is 1. The van der Waals surface area contributed by atoms with E-state index >= 15 is 0 Å². The second-order valence-corrected chi connectivity index (χ2v) is 5.07. The molecule has 2 rings (SSSR count). The van der Waals surface area contributed by atoms with Crippen molar-refractivity contribution in [3.8, 4) is 11.3 Å². The first kappa shape index (κ1) is 10.9. The SMILES string of the molecule is Cn1cncc1-c1ccc(C(C)(C)C)nc1. The van der Waals surface area contributed by atoms with Gasteiger partial charge in [0.1, 0.15) is 0 Å². The van der Waals surface area contributed by atoms with Gasteiger partial charge in [-0.1, -0.05) is 20.8 Å². The van der Waals surface area contributed by atoms with Crippen molar-refractivity contribution in [2.24, 2.45) is 7.05 Å². The summed E-state index contributed by atoms with van der Waals surface area (Å²) in [5.74, 6) is 0. The molecule has 2 aromatic heterocycles. The molecule has 0 fully saturated rings. The van der Waals surface area contributed by atoms with E-state index in [1.54, 1.807) is 6.33 Å². The quantitative estimate of drug-likeness (QED) is 0.732. The summed E-state index contributed by atoms with van der Waals surface area (Å²) in [6.45, 7) is 6.50. The highest BCUT2D eigenvalue weighted by Gasteiger charge is 2.15. The van der Waals surface area contributed by atoms with Gasteiger partial charge in [-0.2, -0.15) is 0 Å². The van der Waals surface area contributed by atoms with E-state index in [4.69, 9.17) is 0 Å². The molecule has 0 aliphatic carbocycles. The van der Waals surface area contributed by atoms with Gasteiger partial charge < -0.3 is 4.57 Å². The molecular weight excluding hydrogens is 198 g/mol. The van der Waals surface area contributed by atoms with Crippen molar-refractivity contribution in [2.75, 3.05) is 0 Å². The van der Waals surface area contributed by atoms with Crippen LogP contribution in [0.2, 0.25) is 0 Å². The molecule has 0 saturated heterocycles. The summed E-state index contributed by atoms with van der Waals surface area (Å²) in [6.07, 6.45) is 5.57. The van der Waals surface area contributed by atoms with E-state index in [-0.39, 0.29) is 5.41 Å². The number of aryl methyl sites for hydroxylation is 1. The Labute approximate surface area is 96.2 Å². The number of aromatic nitrogens is 3. The van der Waals surface area contributed by atoms with E-state index < -0.39 is 0 Å². The Morgan fingerprint density at radius 3 is 2.31 bits per heavy atom. The molecule has 0 atom stereocenters. The van der Waals surface area contributed by atoms with Crippen molar-refractivity contribution in [1.29, 1.82) is 0 Å². The van der Waals surface area contributed by atoms with Gasteiger partial charge in [-0.25, -0.2) is 4.98 Å². The van der Waals surface area contributed by atoms with Crippen molar-refractivity contribution < 1.29 is 0 Å². The standard InChI is InChI=1S/C13H17N3/c1-13(2,3)12-6-5-10(7-15-12)11-8-14-9-16(11)4/h5-9H,1-4H3. The Balaban J connectivity index is 2.37. The molecule has 3 nitrogen and oxygen atoms in total. The molecule has 0 spiro atoms. The molecule has 0 bridgehead atoms. The maximum Gasteiger partial charge on any atom is 0.0948 e. The molecule has 16 heavy (non-hydrogen) atoms. The molecule has 2 heterocycles. The van der Waals surface area contributed by atoms with Crippen molar-refractivity contribution in [1.82, 2.24) is 14.5 Å². The summed E-state index contributed by atoms with van der Waals surface area (Å²) in [6, 6.07) is 4.19. The van der Waals surface area contributed by atoms with Gasteiger partial charge >= 0.3 is 0 Å². The predicted octanol–water partition coefficient (Wildman–Crippen LogP) is 2.78. The molecule has 0 aliphatic heterocycles. The molecule has 0 amide bonds. The topological polar surface area (TPSA) is 30.7 Å². The molecule has 0 aromatic carbocycles. The summed E-state index contributed by atoms with van der Waals surface area (Å²) in [5.41, 5.74) is 3.41. The Morgan fingerprint density at radius 2 is 1.88 bits per heavy atom. The lowest BCUT2D eigenvalue weighted by Gasteiger charge is -2.17. The summed E-state index contributed by atoms with van der Waals surface area (Å²) in [5, 5.41) is 0. The van der Waals surface area contributed by atoms with Gasteiger partial charge in [0, 0.05) is 29.9 Å². The third kappa shape index (κ3) is 1.98. The summed E-state index contributed by atoms with van der Waals surface area (Å²) < 4.78 is 1.99. The first-order chi connectivity index (χ1) is 7.48. The van der Waals surface area contributed by atoms with E-state index in [9.17, 15) is 0 Å². The van der Waals surface area contributed by atoms with Gasteiger partial charge in [-0.15, -0.1) is 0 Å². The monoisotopic (exact) mass is 215 g/mol. The minimum Gasteiger partial charge on any atom is -0.334 e. The van der Waals surface area contributed by atoms with Gasteiger partial charge in [-0.3, -0.25) is 4.98 Å². The summed E-state index contributed by atoms with van der Waals surface area (Å²) in [7, 11) is 1.99. The van der Waals surface area contributed by atoms with E-state index in [0.29, 0.717) is 0 Å². The minimum atomic E-state index is 0.102. The summed E-state index contributed by atoms with van der Waals surface area (Å²) >= 11 is 0. The van der Waals surface area contributed by atoms with Gasteiger partial charge in [0.05, 0.1) is 18.2 Å². The third-order valence-electron chi connectivity index (χ3n) is 2.64. The Morgan fingerprint density at radius 1 is 1.12 bits per heavy atom. The van der Waals surface area contributed by atoms with E-state index in [1.165, 1.54) is 0 Å². The van der Waals surface area contributed by atoms with Crippen LogP contribution in [0.5, 0.6) is 0 Å². The molecule has 3 heteroatoms. The van der Waals surface area contributed by atoms with Crippen molar-refractivity contribution >= 4 is 0 Å². The fraction of sp³-hybridized carbons (Fsp3) is 0.385. The Hall–Kier alpha value is -1.64. The van der Waals surface area contributed by atoms with Crippen LogP contribution in [-0.2, 0) is 12.5 Å². The highest BCUT2D eigenvalue weighted by molar-refractivity contribution is 5.57. The smallest absolute Gasteiger partial charge is 0.0948 e. The van der Waals surface area contributed by atoms with Crippen LogP contribution in [0.15, 0.2) is 30.9 Å². The molecular formula is C13H17N3. The molecule has 0 saturated carbocycles. The zero-order chi connectivity index (χ0) is 11.8. The van der Waals surface area contributed by atoms with Crippen molar-refractivity contribution in [2.45, 2.75) is 26.2 Å². The van der Waals surface area contributed by atoms with Gasteiger partial charge in [0.2, 0.25) is 0 Å². The second kappa shape index (κ2) is 3.74. The van der Waals surface area contributed by atoms with Crippen LogP contribution in [-0.4, -0.2) is 14.5 Å². The van der Waals surface area contributed by atoms with Gasteiger partial charge in [0.25, 0.3) is 0 Å². The molecule has 0 aliphatic rings. The Kier molecular flexibility index (Phi) is 2.54. The summed E-state index contributed by atoms with van der Waals surface area (Å²) in [4.78, 5) is 8.61. The van der Waals surface area contributed by atoms with Crippen LogP contribution in [0.3, 0.4) is 0 Å². The van der Waals surface area contributed by atoms with Crippen molar-refractivity contribution in [3.63, 3.8) is 0 Å². The van der Waals surface area contributed by atoms with Crippen LogP contribution in [0.4, 0.5) is 0 Å². The normalized spacial score (nSPS) is 11.8. The van der Waals surface area contributed by atoms with Gasteiger partial charge in [0.15, 0.2) is 0 Å². The zero-order valence-electron chi connectivity index (χ0n) is 10.2. The fourth-order valence-electron chi connectivity index (χ4n) is 1.62. The molecule has 0 unspecified atom stereocenters. The van der Waals surface area contributed by atoms with E-state index in [0.717, 1.165) is 17.0 Å². The van der Waals surface area contributed by atoms with Crippen LogP contribution in [0.1, 0.15) is 26.5 Å². The molecule has 0 N–H and O–H groups in total. The maximum absolute atomic E-state index is 4.51. The highest BCUT2D eigenvalue weighted by atomic mass is 15.0. The maximum atomic E-state index is 4.51.